The molecule has 1 aromatic heterocycles. The highest BCUT2D eigenvalue weighted by molar-refractivity contribution is 5.59. The van der Waals surface area contributed by atoms with Gasteiger partial charge in [0.15, 0.2) is 5.82 Å². The minimum atomic E-state index is -0.323. The number of para-hydroxylation sites is 1. The molecule has 2 heterocycles. The first-order chi connectivity index (χ1) is 13.2. The average Bonchev–Trinajstić information content (AvgIpc) is 3.12. The number of nitrogens with zero attached hydrogens (tertiary/aromatic N) is 3. The molecular formula is C20H25N5O2. The monoisotopic (exact) mass is 367 g/mol. The van der Waals surface area contributed by atoms with Crippen LogP contribution in [0.2, 0.25) is 0 Å². The molecule has 7 nitrogen and oxygen atoms in total. The van der Waals surface area contributed by atoms with E-state index in [0.717, 1.165) is 24.0 Å². The summed E-state index contributed by atoms with van der Waals surface area (Å²) in [6, 6.07) is 13.8. The number of hydrogen-bond acceptors (Lipinski definition) is 5. The largest absolute Gasteiger partial charge is 0.383 e. The second kappa shape index (κ2) is 7.82. The van der Waals surface area contributed by atoms with Crippen LogP contribution in [-0.4, -0.2) is 28.6 Å². The van der Waals surface area contributed by atoms with E-state index in [4.69, 9.17) is 4.99 Å². The minimum Gasteiger partial charge on any atom is -0.383 e. The third-order valence-corrected chi connectivity index (χ3v) is 5.39. The second-order valence-electron chi connectivity index (χ2n) is 7.26. The van der Waals surface area contributed by atoms with Gasteiger partial charge in [0.25, 0.3) is 0 Å². The summed E-state index contributed by atoms with van der Waals surface area (Å²) in [4.78, 5) is 16.1. The molecular weight excluding hydrogens is 342 g/mol. The number of benzene rings is 1. The van der Waals surface area contributed by atoms with Crippen molar-refractivity contribution in [2.75, 3.05) is 23.7 Å². The summed E-state index contributed by atoms with van der Waals surface area (Å²) in [6.45, 7) is 1.33. The van der Waals surface area contributed by atoms with Gasteiger partial charge in [-0.05, 0) is 31.0 Å². The predicted octanol–water partition coefficient (Wildman–Crippen LogP) is 3.71. The van der Waals surface area contributed by atoms with Gasteiger partial charge < -0.3 is 15.2 Å². The Labute approximate surface area is 158 Å². The molecule has 1 saturated carbocycles. The molecule has 1 unspecified atom stereocenters. The number of fused-ring (bicyclic) bond motifs is 1. The van der Waals surface area contributed by atoms with Crippen molar-refractivity contribution in [3.05, 3.63) is 58.1 Å². The molecule has 142 valence electrons. The fourth-order valence-corrected chi connectivity index (χ4v) is 4.01. The van der Waals surface area contributed by atoms with Crippen molar-refractivity contribution in [2.24, 2.45) is 4.99 Å². The molecule has 7 heteroatoms. The van der Waals surface area contributed by atoms with Crippen LogP contribution in [0.3, 0.4) is 0 Å². The van der Waals surface area contributed by atoms with E-state index < -0.39 is 0 Å². The lowest BCUT2D eigenvalue weighted by molar-refractivity contribution is -0.384. The molecule has 0 spiro atoms. The van der Waals surface area contributed by atoms with Gasteiger partial charge in [0.05, 0.1) is 17.0 Å². The van der Waals surface area contributed by atoms with Crippen LogP contribution in [0.1, 0.15) is 38.1 Å². The molecule has 2 N–H and O–H groups in total. The van der Waals surface area contributed by atoms with Crippen molar-refractivity contribution in [1.29, 1.82) is 0 Å². The van der Waals surface area contributed by atoms with E-state index >= 15 is 0 Å². The molecule has 0 radical (unpaired) electrons. The number of hydrogen-bond donors (Lipinski definition) is 2. The molecule has 2 aliphatic rings. The van der Waals surface area contributed by atoms with E-state index in [2.05, 4.69) is 10.6 Å². The van der Waals surface area contributed by atoms with Gasteiger partial charge in [0.1, 0.15) is 5.49 Å². The molecule has 0 amide bonds. The lowest BCUT2D eigenvalue weighted by atomic mass is 9.96. The van der Waals surface area contributed by atoms with Gasteiger partial charge in [-0.15, -0.1) is 0 Å². The number of nitrogens with one attached hydrogen (secondary N) is 2. The van der Waals surface area contributed by atoms with E-state index in [1.54, 1.807) is 12.1 Å². The summed E-state index contributed by atoms with van der Waals surface area (Å²) < 4.78 is 2.02. The average molecular weight is 367 g/mol. The molecule has 1 aromatic carbocycles. The Morgan fingerprint density at radius 3 is 2.67 bits per heavy atom. The zero-order valence-corrected chi connectivity index (χ0v) is 15.3. The highest BCUT2D eigenvalue weighted by atomic mass is 16.6. The maximum Gasteiger partial charge on any atom is 0.309 e. The third-order valence-electron chi connectivity index (χ3n) is 5.39. The van der Waals surface area contributed by atoms with E-state index in [1.807, 2.05) is 34.9 Å². The second-order valence-corrected chi connectivity index (χ2v) is 7.26. The van der Waals surface area contributed by atoms with Crippen LogP contribution in [0.25, 0.3) is 0 Å². The Hall–Kier alpha value is -2.83. The molecule has 0 saturated heterocycles. The molecule has 4 rings (SSSR count). The van der Waals surface area contributed by atoms with Crippen molar-refractivity contribution < 1.29 is 4.92 Å². The standard InChI is InChI=1S/C20H25N5O2/c26-25(27)18-11-12-19(23-16-9-5-2-6-10-16)24-17(14-22-20(18)24)13-21-15-7-3-1-4-8-15/h1,3-4,7-8,11-12,16-17,21-22H,2,5-6,9-10,13-14H2. The summed E-state index contributed by atoms with van der Waals surface area (Å²) in [5.74, 6) is 0.567. The van der Waals surface area contributed by atoms with Crippen molar-refractivity contribution in [2.45, 2.75) is 44.2 Å². The molecule has 2 aromatic rings. The predicted molar refractivity (Wildman–Crippen MR) is 106 cm³/mol. The van der Waals surface area contributed by atoms with Gasteiger partial charge in [-0.2, -0.15) is 0 Å². The fraction of sp³-hybridized carbons (Fsp3) is 0.450. The number of aromatic nitrogens is 1. The van der Waals surface area contributed by atoms with Crippen LogP contribution in [0.5, 0.6) is 0 Å². The van der Waals surface area contributed by atoms with Crippen molar-refractivity contribution >= 4 is 17.2 Å². The number of pyridine rings is 1. The molecule has 0 bridgehead atoms. The first-order valence-electron chi connectivity index (χ1n) is 9.69. The van der Waals surface area contributed by atoms with Crippen LogP contribution in [0, 0.1) is 10.1 Å². The summed E-state index contributed by atoms with van der Waals surface area (Å²) in [7, 11) is 0. The highest BCUT2D eigenvalue weighted by Gasteiger charge is 2.29. The molecule has 1 aliphatic carbocycles. The van der Waals surface area contributed by atoms with Crippen molar-refractivity contribution in [3.63, 3.8) is 0 Å². The Bertz CT molecular complexity index is 872. The Balaban J connectivity index is 1.66. The number of anilines is 2. The topological polar surface area (TPSA) is 84.5 Å². The quantitative estimate of drug-likeness (QED) is 0.623. The van der Waals surface area contributed by atoms with E-state index in [-0.39, 0.29) is 16.7 Å². The number of rotatable bonds is 5. The third kappa shape index (κ3) is 3.82. The Morgan fingerprint density at radius 2 is 1.93 bits per heavy atom. The van der Waals surface area contributed by atoms with Gasteiger partial charge in [0, 0.05) is 24.8 Å². The summed E-state index contributed by atoms with van der Waals surface area (Å²) in [5.41, 5.74) is 2.00. The van der Waals surface area contributed by atoms with Crippen LogP contribution in [0.4, 0.5) is 17.2 Å². The van der Waals surface area contributed by atoms with Gasteiger partial charge >= 0.3 is 5.69 Å². The van der Waals surface area contributed by atoms with Crippen LogP contribution < -0.4 is 16.1 Å². The molecule has 1 aliphatic heterocycles. The van der Waals surface area contributed by atoms with Crippen molar-refractivity contribution in [3.8, 4) is 0 Å². The number of nitro groups is 1. The Kier molecular flexibility index (Phi) is 5.09. The molecule has 1 fully saturated rings. The summed E-state index contributed by atoms with van der Waals surface area (Å²) in [6.07, 6.45) is 5.92. The SMILES string of the molecule is O=[N+]([O-])c1ccc(=NC2CCCCC2)n2c1NCC2CNc1ccccc1. The molecule has 1 atom stereocenters. The van der Waals surface area contributed by atoms with Crippen LogP contribution >= 0.6 is 0 Å². The zero-order chi connectivity index (χ0) is 18.6. The maximum absolute atomic E-state index is 11.5. The maximum atomic E-state index is 11.5. The molecule has 27 heavy (non-hydrogen) atoms. The van der Waals surface area contributed by atoms with E-state index in [0.29, 0.717) is 24.9 Å². The summed E-state index contributed by atoms with van der Waals surface area (Å²) in [5, 5.41) is 18.1. The van der Waals surface area contributed by atoms with Crippen LogP contribution in [-0.2, 0) is 0 Å². The van der Waals surface area contributed by atoms with Gasteiger partial charge in [-0.25, -0.2) is 0 Å². The van der Waals surface area contributed by atoms with Crippen LogP contribution in [0.15, 0.2) is 47.5 Å². The smallest absolute Gasteiger partial charge is 0.309 e. The van der Waals surface area contributed by atoms with E-state index in [9.17, 15) is 10.1 Å². The zero-order valence-electron chi connectivity index (χ0n) is 15.3. The first kappa shape index (κ1) is 17.6. The van der Waals surface area contributed by atoms with Gasteiger partial charge in [-0.3, -0.25) is 15.1 Å². The van der Waals surface area contributed by atoms with Gasteiger partial charge in [0.2, 0.25) is 0 Å². The van der Waals surface area contributed by atoms with E-state index in [1.165, 1.54) is 19.3 Å². The minimum absolute atomic E-state index is 0.0717. The summed E-state index contributed by atoms with van der Waals surface area (Å²) >= 11 is 0. The van der Waals surface area contributed by atoms with Crippen molar-refractivity contribution in [1.82, 2.24) is 4.57 Å². The normalized spacial score (nSPS) is 20.1. The highest BCUT2D eigenvalue weighted by Crippen LogP contribution is 2.30. The first-order valence-corrected chi connectivity index (χ1v) is 9.69. The Morgan fingerprint density at radius 1 is 1.15 bits per heavy atom. The van der Waals surface area contributed by atoms with Gasteiger partial charge in [-0.1, -0.05) is 37.5 Å². The lowest BCUT2D eigenvalue weighted by Gasteiger charge is -2.20. The fourth-order valence-electron chi connectivity index (χ4n) is 4.01. The lowest BCUT2D eigenvalue weighted by Crippen LogP contribution is -2.29.